The molecule has 4 heteroatoms. The fraction of sp³-hybridized carbons (Fsp3) is 0.174. The highest BCUT2D eigenvalue weighted by Gasteiger charge is 2.37. The van der Waals surface area contributed by atoms with E-state index >= 15 is 0 Å². The minimum absolute atomic E-state index is 0.435. The van der Waals surface area contributed by atoms with Crippen LogP contribution in [0.3, 0.4) is 0 Å². The number of benzene rings is 2. The first-order valence-corrected chi connectivity index (χ1v) is 12.0. The third-order valence-electron chi connectivity index (χ3n) is 5.00. The number of nitrogens with zero attached hydrogens (tertiary/aromatic N) is 1. The molecule has 3 rings (SSSR count). The molecule has 0 saturated heterocycles. The van der Waals surface area contributed by atoms with Gasteiger partial charge in [-0.05, 0) is 23.3 Å². The lowest BCUT2D eigenvalue weighted by atomic mass is 9.81. The van der Waals surface area contributed by atoms with E-state index in [2.05, 4.69) is 19.7 Å². The standard InChI is InChI=1S/C23H25NO2Si/c1-5-27(3,4)21-17-16-20(22(24-21)26-2)23(25,18-12-8-6-9-13-18)19-14-10-7-11-15-19/h5-17,25H,1H2,2-4H3. The average Bonchev–Trinajstić information content (AvgIpc) is 2.74. The Kier molecular flexibility index (Phi) is 5.30. The van der Waals surface area contributed by atoms with E-state index < -0.39 is 13.7 Å². The minimum Gasteiger partial charge on any atom is -0.481 e. The summed E-state index contributed by atoms with van der Waals surface area (Å²) in [5, 5.41) is 12.9. The van der Waals surface area contributed by atoms with Crippen molar-refractivity contribution in [2.24, 2.45) is 0 Å². The molecule has 0 aliphatic carbocycles. The quantitative estimate of drug-likeness (QED) is 0.662. The van der Waals surface area contributed by atoms with Crippen LogP contribution in [0.4, 0.5) is 0 Å². The second kappa shape index (κ2) is 7.51. The number of hydrogen-bond acceptors (Lipinski definition) is 3. The van der Waals surface area contributed by atoms with E-state index in [-0.39, 0.29) is 0 Å². The normalized spacial score (nSPS) is 11.9. The predicted molar refractivity (Wildman–Crippen MR) is 113 cm³/mol. The lowest BCUT2D eigenvalue weighted by Crippen LogP contribution is -2.42. The smallest absolute Gasteiger partial charge is 0.219 e. The molecule has 0 spiro atoms. The van der Waals surface area contributed by atoms with E-state index in [1.807, 2.05) is 78.5 Å². The third-order valence-corrected chi connectivity index (χ3v) is 7.62. The zero-order valence-electron chi connectivity index (χ0n) is 16.0. The fourth-order valence-electron chi connectivity index (χ4n) is 3.17. The maximum absolute atomic E-state index is 12.0. The maximum atomic E-state index is 12.0. The Morgan fingerprint density at radius 1 is 0.926 bits per heavy atom. The van der Waals surface area contributed by atoms with Gasteiger partial charge >= 0.3 is 0 Å². The Morgan fingerprint density at radius 3 is 1.89 bits per heavy atom. The number of aliphatic hydroxyl groups is 1. The molecule has 0 saturated carbocycles. The van der Waals surface area contributed by atoms with Gasteiger partial charge in [0.2, 0.25) is 5.88 Å². The largest absolute Gasteiger partial charge is 0.481 e. The van der Waals surface area contributed by atoms with Crippen molar-refractivity contribution in [3.05, 3.63) is 102 Å². The summed E-state index contributed by atoms with van der Waals surface area (Å²) in [5.74, 6) is 0.435. The van der Waals surface area contributed by atoms with Crippen LogP contribution in [0.15, 0.2) is 85.1 Å². The summed E-state index contributed by atoms with van der Waals surface area (Å²) in [7, 11) is -0.259. The molecule has 3 aromatic rings. The van der Waals surface area contributed by atoms with Crippen LogP contribution >= 0.6 is 0 Å². The molecule has 0 bridgehead atoms. The Balaban J connectivity index is 2.27. The van der Waals surface area contributed by atoms with Crippen LogP contribution in [-0.4, -0.2) is 25.3 Å². The molecule has 1 aromatic heterocycles. The molecule has 0 atom stereocenters. The molecule has 0 radical (unpaired) electrons. The van der Waals surface area contributed by atoms with Gasteiger partial charge in [0.1, 0.15) is 13.7 Å². The molecule has 0 aliphatic heterocycles. The van der Waals surface area contributed by atoms with Crippen molar-refractivity contribution in [2.45, 2.75) is 18.7 Å². The summed E-state index contributed by atoms with van der Waals surface area (Å²) in [4.78, 5) is 4.76. The highest BCUT2D eigenvalue weighted by Crippen LogP contribution is 2.40. The van der Waals surface area contributed by atoms with Crippen molar-refractivity contribution >= 4 is 13.4 Å². The lowest BCUT2D eigenvalue weighted by Gasteiger charge is -2.31. The lowest BCUT2D eigenvalue weighted by molar-refractivity contribution is 0.121. The molecule has 1 heterocycles. The summed E-state index contributed by atoms with van der Waals surface area (Å²) in [6.45, 7) is 8.33. The fourth-order valence-corrected chi connectivity index (χ4v) is 4.28. The van der Waals surface area contributed by atoms with E-state index in [4.69, 9.17) is 9.72 Å². The molecule has 0 fully saturated rings. The minimum atomic E-state index is -1.85. The average molecular weight is 376 g/mol. The van der Waals surface area contributed by atoms with Crippen LogP contribution in [-0.2, 0) is 5.60 Å². The van der Waals surface area contributed by atoms with Gasteiger partial charge in [-0.1, -0.05) is 79.5 Å². The SMILES string of the molecule is C=C[Si](C)(C)c1ccc(C(O)(c2ccccc2)c2ccccc2)c(OC)n1. The second-order valence-electron chi connectivity index (χ2n) is 7.12. The van der Waals surface area contributed by atoms with Crippen LogP contribution in [0.1, 0.15) is 16.7 Å². The van der Waals surface area contributed by atoms with Gasteiger partial charge < -0.3 is 9.84 Å². The Morgan fingerprint density at radius 2 is 1.44 bits per heavy atom. The molecule has 27 heavy (non-hydrogen) atoms. The van der Waals surface area contributed by atoms with Gasteiger partial charge in [-0.2, -0.15) is 0 Å². The van der Waals surface area contributed by atoms with E-state index in [1.165, 1.54) is 0 Å². The van der Waals surface area contributed by atoms with Crippen molar-refractivity contribution in [1.82, 2.24) is 4.98 Å². The second-order valence-corrected chi connectivity index (χ2v) is 11.5. The monoisotopic (exact) mass is 375 g/mol. The molecule has 0 unspecified atom stereocenters. The van der Waals surface area contributed by atoms with Crippen molar-refractivity contribution < 1.29 is 9.84 Å². The first kappa shape index (κ1) is 19.1. The van der Waals surface area contributed by atoms with Crippen LogP contribution < -0.4 is 10.1 Å². The highest BCUT2D eigenvalue weighted by molar-refractivity contribution is 6.93. The van der Waals surface area contributed by atoms with Crippen LogP contribution in [0.25, 0.3) is 0 Å². The number of ether oxygens (including phenoxy) is 1. The van der Waals surface area contributed by atoms with E-state index in [1.54, 1.807) is 7.11 Å². The molecular weight excluding hydrogens is 350 g/mol. The van der Waals surface area contributed by atoms with Gasteiger partial charge in [-0.25, -0.2) is 4.98 Å². The van der Waals surface area contributed by atoms with Gasteiger partial charge in [0.25, 0.3) is 0 Å². The number of aromatic nitrogens is 1. The van der Waals surface area contributed by atoms with Crippen LogP contribution in [0, 0.1) is 0 Å². The van der Waals surface area contributed by atoms with Crippen LogP contribution in [0.2, 0.25) is 13.1 Å². The first-order valence-electron chi connectivity index (χ1n) is 8.96. The zero-order chi connectivity index (χ0) is 19.5. The predicted octanol–water partition coefficient (Wildman–Crippen LogP) is 4.02. The first-order chi connectivity index (χ1) is 12.9. The Bertz CT molecular complexity index is 884. The van der Waals surface area contributed by atoms with Gasteiger partial charge in [0.15, 0.2) is 0 Å². The van der Waals surface area contributed by atoms with Gasteiger partial charge in [0, 0.05) is 5.32 Å². The number of hydrogen-bond donors (Lipinski definition) is 1. The number of rotatable bonds is 6. The van der Waals surface area contributed by atoms with Crippen molar-refractivity contribution in [3.8, 4) is 5.88 Å². The number of pyridine rings is 1. The highest BCUT2D eigenvalue weighted by atomic mass is 28.3. The molecule has 138 valence electrons. The summed E-state index contributed by atoms with van der Waals surface area (Å²) in [5.41, 5.74) is 2.79. The molecular formula is C23H25NO2Si. The van der Waals surface area contributed by atoms with Crippen LogP contribution in [0.5, 0.6) is 5.88 Å². The van der Waals surface area contributed by atoms with Crippen molar-refractivity contribution in [3.63, 3.8) is 0 Å². The zero-order valence-corrected chi connectivity index (χ0v) is 17.0. The van der Waals surface area contributed by atoms with Gasteiger partial charge in [0.05, 0.1) is 12.7 Å². The molecule has 1 N–H and O–H groups in total. The Labute approximate surface area is 162 Å². The van der Waals surface area contributed by atoms with E-state index in [9.17, 15) is 5.11 Å². The topological polar surface area (TPSA) is 42.4 Å². The van der Waals surface area contributed by atoms with Crippen molar-refractivity contribution in [1.29, 1.82) is 0 Å². The molecule has 2 aromatic carbocycles. The number of methoxy groups -OCH3 is 1. The van der Waals surface area contributed by atoms with Gasteiger partial charge in [-0.3, -0.25) is 0 Å². The molecule has 3 nitrogen and oxygen atoms in total. The molecule has 0 amide bonds. The summed E-state index contributed by atoms with van der Waals surface area (Å²) in [6, 6.07) is 23.2. The molecule has 0 aliphatic rings. The summed E-state index contributed by atoms with van der Waals surface area (Å²) < 4.78 is 5.63. The van der Waals surface area contributed by atoms with Gasteiger partial charge in [-0.15, -0.1) is 6.58 Å². The summed E-state index contributed by atoms with van der Waals surface area (Å²) in [6.07, 6.45) is 0. The Hall–Kier alpha value is -2.69. The maximum Gasteiger partial charge on any atom is 0.219 e. The third kappa shape index (κ3) is 3.46. The van der Waals surface area contributed by atoms with E-state index in [0.717, 1.165) is 16.4 Å². The summed E-state index contributed by atoms with van der Waals surface area (Å²) >= 11 is 0. The van der Waals surface area contributed by atoms with Crippen molar-refractivity contribution in [2.75, 3.05) is 7.11 Å². The van der Waals surface area contributed by atoms with E-state index in [0.29, 0.717) is 11.4 Å².